The zero-order valence-corrected chi connectivity index (χ0v) is 11.8. The molecule has 1 aliphatic rings. The van der Waals surface area contributed by atoms with Crippen LogP contribution in [0.2, 0.25) is 0 Å². The van der Waals surface area contributed by atoms with E-state index in [0.717, 1.165) is 50.4 Å². The molecular weight excluding hydrogens is 256 g/mol. The summed E-state index contributed by atoms with van der Waals surface area (Å²) in [4.78, 5) is 22.2. The quantitative estimate of drug-likeness (QED) is 0.531. The van der Waals surface area contributed by atoms with Crippen LogP contribution >= 0.6 is 0 Å². The number of hydrazine groups is 1. The average molecular weight is 278 g/mol. The number of hydrogen-bond donors (Lipinski definition) is 3. The molecule has 1 fully saturated rings. The lowest BCUT2D eigenvalue weighted by Gasteiger charge is -2.31. The van der Waals surface area contributed by atoms with Gasteiger partial charge in [-0.25, -0.2) is 15.8 Å². The second kappa shape index (κ2) is 6.51. The molecule has 1 aliphatic heterocycles. The minimum atomic E-state index is -0.205. The van der Waals surface area contributed by atoms with Crippen molar-refractivity contribution in [1.82, 2.24) is 9.97 Å². The van der Waals surface area contributed by atoms with Crippen LogP contribution in [0, 0.1) is 5.92 Å². The topological polar surface area (TPSA) is 110 Å². The Balaban J connectivity index is 2.12. The van der Waals surface area contributed by atoms with Crippen molar-refractivity contribution in [2.75, 3.05) is 23.4 Å². The Kier molecular flexibility index (Phi) is 4.73. The summed E-state index contributed by atoms with van der Waals surface area (Å²) in [7, 11) is 0. The summed E-state index contributed by atoms with van der Waals surface area (Å²) in [5.74, 6) is 7.50. The van der Waals surface area contributed by atoms with Crippen molar-refractivity contribution in [3.8, 4) is 0 Å². The van der Waals surface area contributed by atoms with Gasteiger partial charge in [0.2, 0.25) is 5.91 Å². The molecule has 2 heterocycles. The normalized spacial score (nSPS) is 16.2. The van der Waals surface area contributed by atoms with E-state index in [1.54, 1.807) is 0 Å². The molecule has 0 saturated carbocycles. The van der Waals surface area contributed by atoms with Gasteiger partial charge in [-0.2, -0.15) is 0 Å². The fourth-order valence-electron chi connectivity index (χ4n) is 2.45. The maximum atomic E-state index is 11.2. The Bertz CT molecular complexity index is 470. The van der Waals surface area contributed by atoms with Gasteiger partial charge < -0.3 is 16.1 Å². The molecule has 2 rings (SSSR count). The summed E-state index contributed by atoms with van der Waals surface area (Å²) in [5.41, 5.74) is 7.93. The van der Waals surface area contributed by atoms with E-state index >= 15 is 0 Å². The number of carbonyl (C=O) groups excluding carboxylic acids is 1. The van der Waals surface area contributed by atoms with E-state index < -0.39 is 0 Å². The molecular formula is C13H22N6O. The van der Waals surface area contributed by atoms with Crippen molar-refractivity contribution in [2.45, 2.75) is 32.6 Å². The second-order valence-corrected chi connectivity index (χ2v) is 5.09. The molecule has 5 N–H and O–H groups in total. The number of amides is 1. The Morgan fingerprint density at radius 2 is 2.15 bits per heavy atom. The van der Waals surface area contributed by atoms with Crippen molar-refractivity contribution in [1.29, 1.82) is 0 Å². The van der Waals surface area contributed by atoms with E-state index in [2.05, 4.69) is 27.2 Å². The molecule has 1 amide bonds. The maximum absolute atomic E-state index is 11.2. The molecule has 0 aliphatic carbocycles. The number of primary amides is 1. The Labute approximate surface area is 118 Å². The summed E-state index contributed by atoms with van der Waals surface area (Å²) in [6.45, 7) is 3.64. The Hall–Kier alpha value is -1.89. The van der Waals surface area contributed by atoms with Gasteiger partial charge in [0, 0.05) is 31.5 Å². The predicted molar refractivity (Wildman–Crippen MR) is 78.0 cm³/mol. The fraction of sp³-hybridized carbons (Fsp3) is 0.615. The van der Waals surface area contributed by atoms with E-state index in [1.807, 2.05) is 6.07 Å². The SMILES string of the molecule is CCCc1nc(NN)cc(N2CCC(C(N)=O)CC2)n1. The molecule has 0 aromatic carbocycles. The number of anilines is 2. The number of nitrogen functional groups attached to an aromatic ring is 1. The molecule has 1 saturated heterocycles. The number of piperidine rings is 1. The van der Waals surface area contributed by atoms with Crippen LogP contribution < -0.4 is 21.9 Å². The van der Waals surface area contributed by atoms with Crippen LogP contribution in [-0.4, -0.2) is 29.0 Å². The van der Waals surface area contributed by atoms with Crippen LogP contribution in [0.25, 0.3) is 0 Å². The molecule has 1 aromatic heterocycles. The van der Waals surface area contributed by atoms with Crippen molar-refractivity contribution >= 4 is 17.5 Å². The van der Waals surface area contributed by atoms with Gasteiger partial charge in [-0.1, -0.05) is 6.92 Å². The van der Waals surface area contributed by atoms with E-state index in [9.17, 15) is 4.79 Å². The molecule has 0 spiro atoms. The van der Waals surface area contributed by atoms with Gasteiger partial charge in [0.1, 0.15) is 17.5 Å². The van der Waals surface area contributed by atoms with Gasteiger partial charge in [-0.15, -0.1) is 0 Å². The van der Waals surface area contributed by atoms with Crippen LogP contribution in [0.15, 0.2) is 6.07 Å². The molecule has 0 bridgehead atoms. The summed E-state index contributed by atoms with van der Waals surface area (Å²) < 4.78 is 0. The molecule has 20 heavy (non-hydrogen) atoms. The van der Waals surface area contributed by atoms with Crippen molar-refractivity contribution in [3.05, 3.63) is 11.9 Å². The highest BCUT2D eigenvalue weighted by Gasteiger charge is 2.24. The number of hydrogen-bond acceptors (Lipinski definition) is 6. The fourth-order valence-corrected chi connectivity index (χ4v) is 2.45. The van der Waals surface area contributed by atoms with Gasteiger partial charge in [0.15, 0.2) is 0 Å². The first kappa shape index (κ1) is 14.5. The summed E-state index contributed by atoms with van der Waals surface area (Å²) in [6, 6.07) is 1.84. The Morgan fingerprint density at radius 3 is 2.70 bits per heavy atom. The van der Waals surface area contributed by atoms with E-state index in [1.165, 1.54) is 0 Å². The van der Waals surface area contributed by atoms with Crippen molar-refractivity contribution in [3.63, 3.8) is 0 Å². The molecule has 110 valence electrons. The largest absolute Gasteiger partial charge is 0.369 e. The highest BCUT2D eigenvalue weighted by molar-refractivity contribution is 5.77. The lowest BCUT2D eigenvalue weighted by molar-refractivity contribution is -0.122. The maximum Gasteiger partial charge on any atom is 0.220 e. The summed E-state index contributed by atoms with van der Waals surface area (Å²) in [6.07, 6.45) is 3.35. The van der Waals surface area contributed by atoms with Crippen LogP contribution in [0.1, 0.15) is 32.0 Å². The summed E-state index contributed by atoms with van der Waals surface area (Å²) >= 11 is 0. The van der Waals surface area contributed by atoms with E-state index in [-0.39, 0.29) is 11.8 Å². The van der Waals surface area contributed by atoms with Gasteiger partial charge in [0.05, 0.1) is 0 Å². The number of aryl methyl sites for hydroxylation is 1. The van der Waals surface area contributed by atoms with Crippen molar-refractivity contribution in [2.24, 2.45) is 17.5 Å². The number of carbonyl (C=O) groups is 1. The second-order valence-electron chi connectivity index (χ2n) is 5.09. The first-order valence-corrected chi connectivity index (χ1v) is 7.03. The van der Waals surface area contributed by atoms with Crippen LogP contribution in [0.3, 0.4) is 0 Å². The molecule has 7 heteroatoms. The monoisotopic (exact) mass is 278 g/mol. The molecule has 1 aromatic rings. The first-order valence-electron chi connectivity index (χ1n) is 7.03. The number of nitrogens with one attached hydrogen (secondary N) is 1. The Morgan fingerprint density at radius 1 is 1.45 bits per heavy atom. The van der Waals surface area contributed by atoms with Crippen molar-refractivity contribution < 1.29 is 4.79 Å². The lowest BCUT2D eigenvalue weighted by atomic mass is 9.96. The zero-order valence-electron chi connectivity index (χ0n) is 11.8. The number of aromatic nitrogens is 2. The minimum absolute atomic E-state index is 0.0182. The first-order chi connectivity index (χ1) is 9.63. The highest BCUT2D eigenvalue weighted by Crippen LogP contribution is 2.23. The number of rotatable bonds is 5. The summed E-state index contributed by atoms with van der Waals surface area (Å²) in [5, 5.41) is 0. The molecule has 0 unspecified atom stereocenters. The lowest BCUT2D eigenvalue weighted by Crippen LogP contribution is -2.39. The molecule has 7 nitrogen and oxygen atoms in total. The van der Waals surface area contributed by atoms with Crippen LogP contribution in [0.4, 0.5) is 11.6 Å². The van der Waals surface area contributed by atoms with Gasteiger partial charge >= 0.3 is 0 Å². The molecule has 0 atom stereocenters. The van der Waals surface area contributed by atoms with Gasteiger partial charge in [0.25, 0.3) is 0 Å². The van der Waals surface area contributed by atoms with Crippen LogP contribution in [-0.2, 0) is 11.2 Å². The predicted octanol–water partition coefficient (Wildman–Crippen LogP) is 0.416. The van der Waals surface area contributed by atoms with E-state index in [4.69, 9.17) is 11.6 Å². The average Bonchev–Trinajstić information content (AvgIpc) is 2.47. The van der Waals surface area contributed by atoms with Gasteiger partial charge in [-0.3, -0.25) is 4.79 Å². The number of nitrogens with zero attached hydrogens (tertiary/aromatic N) is 3. The smallest absolute Gasteiger partial charge is 0.220 e. The minimum Gasteiger partial charge on any atom is -0.369 e. The number of nitrogens with two attached hydrogens (primary N) is 2. The zero-order chi connectivity index (χ0) is 14.5. The highest BCUT2D eigenvalue weighted by atomic mass is 16.1. The third-order valence-electron chi connectivity index (χ3n) is 3.60. The van der Waals surface area contributed by atoms with E-state index in [0.29, 0.717) is 5.82 Å². The standard InChI is InChI=1S/C13H22N6O/c1-2-3-10-16-11(18-15)8-12(17-10)19-6-4-9(5-7-19)13(14)20/h8-9H,2-7,15H2,1H3,(H2,14,20)(H,16,17,18). The van der Waals surface area contributed by atoms with Gasteiger partial charge in [-0.05, 0) is 19.3 Å². The third-order valence-corrected chi connectivity index (χ3v) is 3.60. The van der Waals surface area contributed by atoms with Crippen LogP contribution in [0.5, 0.6) is 0 Å². The third kappa shape index (κ3) is 3.36. The molecule has 0 radical (unpaired) electrons.